The number of hydrogen-bond donors (Lipinski definition) is 1. The molecule has 2 heteroatoms. The van der Waals surface area contributed by atoms with Crippen LogP contribution in [0.2, 0.25) is 0 Å². The van der Waals surface area contributed by atoms with Crippen LogP contribution in [0, 0.1) is 13.8 Å². The largest absolute Gasteiger partial charge is 0.469 e. The van der Waals surface area contributed by atoms with Crippen LogP contribution in [0.3, 0.4) is 0 Å². The molecule has 0 saturated heterocycles. The molecule has 1 heterocycles. The highest BCUT2D eigenvalue weighted by Crippen LogP contribution is 2.18. The van der Waals surface area contributed by atoms with Gasteiger partial charge in [-0.05, 0) is 44.0 Å². The molecule has 18 heavy (non-hydrogen) atoms. The van der Waals surface area contributed by atoms with Crippen molar-refractivity contribution in [3.8, 4) is 0 Å². The fourth-order valence-corrected chi connectivity index (χ4v) is 2.29. The predicted octanol–water partition coefficient (Wildman–Crippen LogP) is 3.79. The summed E-state index contributed by atoms with van der Waals surface area (Å²) in [7, 11) is 0. The van der Waals surface area contributed by atoms with E-state index in [4.69, 9.17) is 4.42 Å². The van der Waals surface area contributed by atoms with Crippen molar-refractivity contribution in [3.05, 3.63) is 59.0 Å². The highest BCUT2D eigenvalue weighted by atomic mass is 16.3. The number of nitrogens with one attached hydrogen (secondary N) is 1. The first kappa shape index (κ1) is 12.9. The number of rotatable bonds is 5. The monoisotopic (exact) mass is 243 g/mol. The lowest BCUT2D eigenvalue weighted by atomic mass is 10.0. The SMILES string of the molecule is Cc1ccc(C(C)NCCc2ccco2)c(C)c1. The van der Waals surface area contributed by atoms with E-state index in [1.807, 2.05) is 12.1 Å². The molecule has 0 spiro atoms. The number of aryl methyl sites for hydroxylation is 2. The van der Waals surface area contributed by atoms with Crippen LogP contribution in [0.4, 0.5) is 0 Å². The maximum Gasteiger partial charge on any atom is 0.105 e. The molecule has 0 fully saturated rings. The molecule has 2 nitrogen and oxygen atoms in total. The second kappa shape index (κ2) is 5.87. The highest BCUT2D eigenvalue weighted by Gasteiger charge is 2.07. The van der Waals surface area contributed by atoms with E-state index < -0.39 is 0 Å². The molecule has 0 aliphatic rings. The van der Waals surface area contributed by atoms with Crippen LogP contribution in [-0.4, -0.2) is 6.54 Å². The van der Waals surface area contributed by atoms with Gasteiger partial charge in [-0.2, -0.15) is 0 Å². The van der Waals surface area contributed by atoms with E-state index in [1.165, 1.54) is 16.7 Å². The van der Waals surface area contributed by atoms with Gasteiger partial charge < -0.3 is 9.73 Å². The van der Waals surface area contributed by atoms with Crippen molar-refractivity contribution in [2.75, 3.05) is 6.54 Å². The van der Waals surface area contributed by atoms with Gasteiger partial charge in [-0.3, -0.25) is 0 Å². The minimum Gasteiger partial charge on any atom is -0.469 e. The van der Waals surface area contributed by atoms with Gasteiger partial charge in [-0.1, -0.05) is 23.8 Å². The van der Waals surface area contributed by atoms with E-state index in [9.17, 15) is 0 Å². The van der Waals surface area contributed by atoms with Gasteiger partial charge in [0.05, 0.1) is 6.26 Å². The van der Waals surface area contributed by atoms with E-state index >= 15 is 0 Å². The Morgan fingerprint density at radius 2 is 2.06 bits per heavy atom. The molecule has 2 aromatic rings. The van der Waals surface area contributed by atoms with E-state index in [2.05, 4.69) is 44.3 Å². The summed E-state index contributed by atoms with van der Waals surface area (Å²) in [5.74, 6) is 1.04. The van der Waals surface area contributed by atoms with Gasteiger partial charge >= 0.3 is 0 Å². The van der Waals surface area contributed by atoms with E-state index in [-0.39, 0.29) is 0 Å². The third-order valence-corrected chi connectivity index (χ3v) is 3.29. The van der Waals surface area contributed by atoms with E-state index in [1.54, 1.807) is 6.26 Å². The summed E-state index contributed by atoms with van der Waals surface area (Å²) in [5.41, 5.74) is 4.05. The molecule has 1 unspecified atom stereocenters. The second-order valence-corrected chi connectivity index (χ2v) is 4.87. The molecule has 0 amide bonds. The molecule has 0 saturated carbocycles. The summed E-state index contributed by atoms with van der Waals surface area (Å²) in [4.78, 5) is 0. The first-order chi connectivity index (χ1) is 8.66. The van der Waals surface area contributed by atoms with Crippen LogP contribution >= 0.6 is 0 Å². The van der Waals surface area contributed by atoms with Crippen molar-refractivity contribution in [1.29, 1.82) is 0 Å². The number of furan rings is 1. The molecular weight excluding hydrogens is 222 g/mol. The Bertz CT molecular complexity index is 488. The van der Waals surface area contributed by atoms with Gasteiger partial charge in [0.1, 0.15) is 5.76 Å². The predicted molar refractivity (Wildman–Crippen MR) is 74.7 cm³/mol. The minimum absolute atomic E-state index is 0.376. The zero-order chi connectivity index (χ0) is 13.0. The van der Waals surface area contributed by atoms with Crippen molar-refractivity contribution >= 4 is 0 Å². The minimum atomic E-state index is 0.376. The molecule has 96 valence electrons. The van der Waals surface area contributed by atoms with Crippen LogP contribution in [0.25, 0.3) is 0 Å². The second-order valence-electron chi connectivity index (χ2n) is 4.87. The third-order valence-electron chi connectivity index (χ3n) is 3.29. The Kier molecular flexibility index (Phi) is 4.21. The summed E-state index contributed by atoms with van der Waals surface area (Å²) in [6.45, 7) is 7.45. The summed E-state index contributed by atoms with van der Waals surface area (Å²) < 4.78 is 5.32. The first-order valence-electron chi connectivity index (χ1n) is 6.50. The zero-order valence-electron chi connectivity index (χ0n) is 11.4. The maximum absolute atomic E-state index is 5.32. The molecule has 1 atom stereocenters. The lowest BCUT2D eigenvalue weighted by Crippen LogP contribution is -2.21. The Hall–Kier alpha value is -1.54. The number of benzene rings is 1. The quantitative estimate of drug-likeness (QED) is 0.864. The third kappa shape index (κ3) is 3.23. The van der Waals surface area contributed by atoms with Gasteiger partial charge in [0.25, 0.3) is 0 Å². The average molecular weight is 243 g/mol. The standard InChI is InChI=1S/C16H21NO/c1-12-6-7-16(13(2)11-12)14(3)17-9-8-15-5-4-10-18-15/h4-7,10-11,14,17H,8-9H2,1-3H3. The Balaban J connectivity index is 1.89. The smallest absolute Gasteiger partial charge is 0.105 e. The van der Waals surface area contributed by atoms with Crippen LogP contribution in [0.1, 0.15) is 35.4 Å². The van der Waals surface area contributed by atoms with Gasteiger partial charge in [0.2, 0.25) is 0 Å². The zero-order valence-corrected chi connectivity index (χ0v) is 11.4. The Morgan fingerprint density at radius 1 is 1.22 bits per heavy atom. The molecule has 1 aromatic carbocycles. The summed E-state index contributed by atoms with van der Waals surface area (Å²) in [5, 5.41) is 3.54. The molecule has 0 bridgehead atoms. The van der Waals surface area contributed by atoms with E-state index in [0.717, 1.165) is 18.7 Å². The van der Waals surface area contributed by atoms with Gasteiger partial charge in [-0.15, -0.1) is 0 Å². The van der Waals surface area contributed by atoms with Crippen molar-refractivity contribution < 1.29 is 4.42 Å². The normalized spacial score (nSPS) is 12.6. The topological polar surface area (TPSA) is 25.2 Å². The van der Waals surface area contributed by atoms with E-state index in [0.29, 0.717) is 6.04 Å². The summed E-state index contributed by atoms with van der Waals surface area (Å²) in [6, 6.07) is 11.0. The van der Waals surface area contributed by atoms with Crippen LogP contribution in [0.5, 0.6) is 0 Å². The Morgan fingerprint density at radius 3 is 2.72 bits per heavy atom. The Labute approximate surface area is 109 Å². The summed E-state index contributed by atoms with van der Waals surface area (Å²) in [6.07, 6.45) is 2.66. The lowest BCUT2D eigenvalue weighted by Gasteiger charge is -2.16. The number of hydrogen-bond acceptors (Lipinski definition) is 2. The molecular formula is C16H21NO. The lowest BCUT2D eigenvalue weighted by molar-refractivity contribution is 0.485. The molecule has 1 aromatic heterocycles. The van der Waals surface area contributed by atoms with Crippen molar-refractivity contribution in [2.24, 2.45) is 0 Å². The van der Waals surface area contributed by atoms with Crippen molar-refractivity contribution in [2.45, 2.75) is 33.2 Å². The fraction of sp³-hybridized carbons (Fsp3) is 0.375. The van der Waals surface area contributed by atoms with Crippen LogP contribution in [0.15, 0.2) is 41.0 Å². The van der Waals surface area contributed by atoms with Crippen LogP contribution in [-0.2, 0) is 6.42 Å². The van der Waals surface area contributed by atoms with Crippen molar-refractivity contribution in [3.63, 3.8) is 0 Å². The molecule has 0 aliphatic heterocycles. The molecule has 2 rings (SSSR count). The van der Waals surface area contributed by atoms with Gasteiger partial charge in [-0.25, -0.2) is 0 Å². The van der Waals surface area contributed by atoms with Gasteiger partial charge in [0.15, 0.2) is 0 Å². The molecule has 0 radical (unpaired) electrons. The maximum atomic E-state index is 5.32. The molecule has 0 aliphatic carbocycles. The molecule has 1 N–H and O–H groups in total. The highest BCUT2D eigenvalue weighted by molar-refractivity contribution is 5.32. The van der Waals surface area contributed by atoms with Crippen LogP contribution < -0.4 is 5.32 Å². The fourth-order valence-electron chi connectivity index (χ4n) is 2.29. The average Bonchev–Trinajstić information content (AvgIpc) is 2.81. The summed E-state index contributed by atoms with van der Waals surface area (Å²) >= 11 is 0. The van der Waals surface area contributed by atoms with Crippen molar-refractivity contribution in [1.82, 2.24) is 5.32 Å². The van der Waals surface area contributed by atoms with Gasteiger partial charge in [0, 0.05) is 19.0 Å². The first-order valence-corrected chi connectivity index (χ1v) is 6.50.